The number of benzene rings is 2. The predicted octanol–water partition coefficient (Wildman–Crippen LogP) is 5.38. The number of carbonyl (C=O) groups excluding carboxylic acids is 1. The van der Waals surface area contributed by atoms with Gasteiger partial charge in [0.05, 0.1) is 13.2 Å². The van der Waals surface area contributed by atoms with Crippen molar-refractivity contribution in [3.05, 3.63) is 83.4 Å². The monoisotopic (exact) mass is 513 g/mol. The topological polar surface area (TPSA) is 77.2 Å². The van der Waals surface area contributed by atoms with E-state index in [1.165, 1.54) is 48.5 Å². The Balaban J connectivity index is 1.67. The number of pyridine rings is 1. The first kappa shape index (κ1) is 25.6. The fourth-order valence-electron chi connectivity index (χ4n) is 3.79. The van der Waals surface area contributed by atoms with Gasteiger partial charge >= 0.3 is 12.4 Å². The zero-order chi connectivity index (χ0) is 26.3. The largest absolute Gasteiger partial charge is 0.433 e. The number of anilines is 1. The van der Waals surface area contributed by atoms with Gasteiger partial charge in [0.15, 0.2) is 0 Å². The number of nitrogens with zero attached hydrogens (tertiary/aromatic N) is 1. The third-order valence-corrected chi connectivity index (χ3v) is 5.90. The maximum Gasteiger partial charge on any atom is 0.433 e. The third-order valence-electron chi connectivity index (χ3n) is 5.90. The number of amides is 1. The highest BCUT2D eigenvalue weighted by atomic mass is 19.4. The fourth-order valence-corrected chi connectivity index (χ4v) is 3.79. The van der Waals surface area contributed by atoms with Crippen molar-refractivity contribution in [3.63, 3.8) is 0 Å². The summed E-state index contributed by atoms with van der Waals surface area (Å²) in [6.07, 6.45) is -9.26. The lowest BCUT2D eigenvalue weighted by Gasteiger charge is -2.40. The summed E-state index contributed by atoms with van der Waals surface area (Å²) >= 11 is 0. The lowest BCUT2D eigenvalue weighted by molar-refractivity contribution is -0.150. The number of rotatable bonds is 5. The number of aromatic nitrogens is 1. The van der Waals surface area contributed by atoms with Gasteiger partial charge in [-0.3, -0.25) is 9.78 Å². The summed E-state index contributed by atoms with van der Waals surface area (Å²) in [5, 5.41) is 2.67. The van der Waals surface area contributed by atoms with Crippen molar-refractivity contribution in [2.75, 3.05) is 18.5 Å². The zero-order valence-electron chi connectivity index (χ0n) is 18.3. The van der Waals surface area contributed by atoms with Gasteiger partial charge < -0.3 is 15.8 Å². The molecule has 1 aliphatic rings. The maximum atomic E-state index is 13.3. The van der Waals surface area contributed by atoms with Crippen LogP contribution in [0.3, 0.4) is 0 Å². The van der Waals surface area contributed by atoms with Gasteiger partial charge in [-0.15, -0.1) is 0 Å². The van der Waals surface area contributed by atoms with E-state index in [9.17, 15) is 35.5 Å². The number of alkyl halides is 6. The molecule has 0 unspecified atom stereocenters. The summed E-state index contributed by atoms with van der Waals surface area (Å²) < 4.78 is 97.6. The van der Waals surface area contributed by atoms with Crippen LogP contribution >= 0.6 is 0 Å². The molecule has 1 amide bonds. The number of ether oxygens (including phenoxy) is 1. The first-order valence-corrected chi connectivity index (χ1v) is 10.5. The molecule has 5 nitrogen and oxygen atoms in total. The molecule has 0 bridgehead atoms. The number of halogens is 7. The summed E-state index contributed by atoms with van der Waals surface area (Å²) in [5.41, 5.74) is 2.59. The third kappa shape index (κ3) is 4.91. The molecule has 190 valence electrons. The molecule has 0 spiro atoms. The average Bonchev–Trinajstić information content (AvgIpc) is 2.78. The Labute approximate surface area is 200 Å². The second kappa shape index (κ2) is 9.17. The highest BCUT2D eigenvalue weighted by Crippen LogP contribution is 2.40. The molecule has 1 atom stereocenters. The Hall–Kier alpha value is -3.51. The average molecular weight is 513 g/mol. The molecule has 0 aliphatic carbocycles. The van der Waals surface area contributed by atoms with E-state index < -0.39 is 46.8 Å². The van der Waals surface area contributed by atoms with Crippen molar-refractivity contribution >= 4 is 11.6 Å². The van der Waals surface area contributed by atoms with E-state index in [4.69, 9.17) is 10.5 Å². The van der Waals surface area contributed by atoms with E-state index >= 15 is 0 Å². The highest BCUT2D eigenvalue weighted by Gasteiger charge is 2.47. The predicted molar refractivity (Wildman–Crippen MR) is 115 cm³/mol. The number of nitrogens with two attached hydrogens (primary N) is 1. The molecule has 1 fully saturated rings. The van der Waals surface area contributed by atoms with Crippen LogP contribution in [0.15, 0.2) is 60.8 Å². The van der Waals surface area contributed by atoms with Crippen molar-refractivity contribution in [3.8, 4) is 11.1 Å². The van der Waals surface area contributed by atoms with E-state index in [1.807, 2.05) is 0 Å². The molecule has 0 radical (unpaired) electrons. The minimum atomic E-state index is -5.00. The van der Waals surface area contributed by atoms with Crippen molar-refractivity contribution in [1.29, 1.82) is 0 Å². The Kier molecular flexibility index (Phi) is 6.52. The Morgan fingerprint density at radius 2 is 1.61 bits per heavy atom. The van der Waals surface area contributed by atoms with Crippen LogP contribution in [0.5, 0.6) is 0 Å². The minimum Gasteiger partial charge on any atom is -0.378 e. The van der Waals surface area contributed by atoms with Crippen LogP contribution in [-0.2, 0) is 21.1 Å². The van der Waals surface area contributed by atoms with E-state index in [0.717, 1.165) is 0 Å². The van der Waals surface area contributed by atoms with Crippen LogP contribution in [-0.4, -0.2) is 30.3 Å². The van der Waals surface area contributed by atoms with E-state index in [-0.39, 0.29) is 24.3 Å². The molecule has 36 heavy (non-hydrogen) atoms. The first-order valence-electron chi connectivity index (χ1n) is 10.5. The van der Waals surface area contributed by atoms with E-state index in [0.29, 0.717) is 23.5 Å². The van der Waals surface area contributed by atoms with Crippen molar-refractivity contribution in [2.24, 2.45) is 5.73 Å². The Morgan fingerprint density at radius 1 is 1.00 bits per heavy atom. The highest BCUT2D eigenvalue weighted by molar-refractivity contribution is 6.00. The van der Waals surface area contributed by atoms with E-state index in [2.05, 4.69) is 10.3 Å². The van der Waals surface area contributed by atoms with Crippen molar-refractivity contribution < 1.29 is 40.3 Å². The Morgan fingerprint density at radius 3 is 2.11 bits per heavy atom. The minimum absolute atomic E-state index is 0.0193. The molecule has 3 N–H and O–H groups in total. The van der Waals surface area contributed by atoms with Gasteiger partial charge in [-0.25, -0.2) is 4.39 Å². The van der Waals surface area contributed by atoms with Crippen LogP contribution in [0.25, 0.3) is 11.1 Å². The van der Waals surface area contributed by atoms with Gasteiger partial charge in [0.25, 0.3) is 0 Å². The van der Waals surface area contributed by atoms with Crippen LogP contribution in [0.1, 0.15) is 22.9 Å². The van der Waals surface area contributed by atoms with Crippen LogP contribution in [0, 0.1) is 5.82 Å². The molecule has 12 heteroatoms. The Bertz CT molecular complexity index is 1250. The van der Waals surface area contributed by atoms with Gasteiger partial charge in [-0.1, -0.05) is 24.3 Å². The van der Waals surface area contributed by atoms with Gasteiger partial charge in [0.2, 0.25) is 5.91 Å². The molecule has 1 aromatic heterocycles. The second-order valence-corrected chi connectivity index (χ2v) is 8.29. The lowest BCUT2D eigenvalue weighted by Crippen LogP contribution is -2.55. The summed E-state index contributed by atoms with van der Waals surface area (Å²) in [4.78, 5) is 16.3. The number of nitrogens with one attached hydrogen (secondary N) is 1. The van der Waals surface area contributed by atoms with Crippen LogP contribution in [0.2, 0.25) is 0 Å². The van der Waals surface area contributed by atoms with Crippen LogP contribution < -0.4 is 11.1 Å². The molecular formula is C24H18F7N3O2. The van der Waals surface area contributed by atoms with Gasteiger partial charge in [-0.05, 0) is 47.0 Å². The fraction of sp³-hybridized carbons (Fsp3) is 0.250. The molecule has 1 saturated heterocycles. The number of hydrogen-bond donors (Lipinski definition) is 2. The molecule has 4 rings (SSSR count). The summed E-state index contributed by atoms with van der Waals surface area (Å²) in [5.74, 6) is -0.920. The van der Waals surface area contributed by atoms with Gasteiger partial charge in [0.1, 0.15) is 23.0 Å². The quantitative estimate of drug-likeness (QED) is 0.450. The molecule has 3 aromatic rings. The maximum absolute atomic E-state index is 13.3. The standard InChI is InChI=1S/C24H18F7N3O2/c25-15-5-7-16(8-6-15)34-21(35)22(11-36-12-22)14-3-1-13(2-4-14)18-10-33-19(23(26,27)28)9-17(18)20(32)24(29,30)31/h1-10,20H,11-12,32H2,(H,34,35)/t20-/m1/s1. The number of hydrogen-bond acceptors (Lipinski definition) is 4. The van der Waals surface area contributed by atoms with E-state index in [1.54, 1.807) is 0 Å². The smallest absolute Gasteiger partial charge is 0.378 e. The normalized spacial score (nSPS) is 16.2. The summed E-state index contributed by atoms with van der Waals surface area (Å²) in [7, 11) is 0. The van der Waals surface area contributed by atoms with Crippen molar-refractivity contribution in [1.82, 2.24) is 4.98 Å². The molecular weight excluding hydrogens is 495 g/mol. The summed E-state index contributed by atoms with van der Waals surface area (Å²) in [6.45, 7) is 0.0385. The molecule has 0 saturated carbocycles. The zero-order valence-corrected chi connectivity index (χ0v) is 18.3. The number of carbonyl (C=O) groups is 1. The molecule has 1 aliphatic heterocycles. The van der Waals surface area contributed by atoms with Gasteiger partial charge in [-0.2, -0.15) is 26.3 Å². The first-order chi connectivity index (χ1) is 16.8. The molecule has 2 aromatic carbocycles. The molecule has 2 heterocycles. The van der Waals surface area contributed by atoms with Gasteiger partial charge in [0, 0.05) is 17.4 Å². The second-order valence-electron chi connectivity index (χ2n) is 8.29. The SMILES string of the molecule is N[C@H](c1cc(C(F)(F)F)ncc1-c1ccc(C2(C(=O)Nc3ccc(F)cc3)COC2)cc1)C(F)(F)F. The summed E-state index contributed by atoms with van der Waals surface area (Å²) in [6, 6.07) is 8.42. The lowest BCUT2D eigenvalue weighted by atomic mass is 9.77. The van der Waals surface area contributed by atoms with Crippen LogP contribution in [0.4, 0.5) is 36.4 Å². The van der Waals surface area contributed by atoms with Crippen molar-refractivity contribution in [2.45, 2.75) is 23.8 Å².